The average Bonchev–Trinajstić information content (AvgIpc) is 2.92. The number of ether oxygens (including phenoxy) is 2. The summed E-state index contributed by atoms with van der Waals surface area (Å²) in [5.74, 6) is 0.737. The van der Waals surface area contributed by atoms with Gasteiger partial charge in [-0.2, -0.15) is 0 Å². The van der Waals surface area contributed by atoms with Crippen LogP contribution in [0.1, 0.15) is 19.4 Å². The lowest BCUT2D eigenvalue weighted by Crippen LogP contribution is -2.34. The lowest BCUT2D eigenvalue weighted by Gasteiger charge is -2.17. The Kier molecular flexibility index (Phi) is 6.09. The average molecular weight is 397 g/mol. The van der Waals surface area contributed by atoms with E-state index in [0.29, 0.717) is 34.1 Å². The highest BCUT2D eigenvalue weighted by Crippen LogP contribution is 2.41. The maximum absolute atomic E-state index is 13.2. The van der Waals surface area contributed by atoms with Crippen LogP contribution in [0.15, 0.2) is 58.3 Å². The molecule has 0 spiro atoms. The number of hydrogen-bond donors (Lipinski definition) is 0. The van der Waals surface area contributed by atoms with Crippen LogP contribution in [0, 0.1) is 5.92 Å². The molecular weight excluding hydrogens is 374 g/mol. The zero-order valence-electron chi connectivity index (χ0n) is 16.4. The van der Waals surface area contributed by atoms with E-state index in [1.807, 2.05) is 44.2 Å². The fourth-order valence-electron chi connectivity index (χ4n) is 3.03. The van der Waals surface area contributed by atoms with E-state index in [9.17, 15) is 9.59 Å². The molecule has 1 aliphatic heterocycles. The van der Waals surface area contributed by atoms with Crippen molar-refractivity contribution in [1.29, 1.82) is 0 Å². The van der Waals surface area contributed by atoms with Crippen molar-refractivity contribution in [1.82, 2.24) is 4.90 Å². The second-order valence-corrected chi connectivity index (χ2v) is 7.89. The summed E-state index contributed by atoms with van der Waals surface area (Å²) < 4.78 is 10.7. The number of imide groups is 1. The van der Waals surface area contributed by atoms with Crippen LogP contribution in [0.5, 0.6) is 11.5 Å². The summed E-state index contributed by atoms with van der Waals surface area (Å²) in [5.41, 5.74) is 1.04. The first kappa shape index (κ1) is 20.0. The van der Waals surface area contributed by atoms with Crippen LogP contribution in [0.4, 0.5) is 0 Å². The molecular formula is C22H23NO4S. The largest absolute Gasteiger partial charge is 0.493 e. The van der Waals surface area contributed by atoms with Gasteiger partial charge in [0.25, 0.3) is 11.8 Å². The Labute approximate surface area is 169 Å². The molecule has 0 aromatic heterocycles. The van der Waals surface area contributed by atoms with Gasteiger partial charge in [-0.05, 0) is 35.7 Å². The third-order valence-corrected chi connectivity index (χ3v) is 5.40. The Morgan fingerprint density at radius 2 is 1.61 bits per heavy atom. The summed E-state index contributed by atoms with van der Waals surface area (Å²) in [6.07, 6.45) is 0. The molecule has 0 saturated carbocycles. The van der Waals surface area contributed by atoms with Gasteiger partial charge in [0.05, 0.1) is 24.7 Å². The van der Waals surface area contributed by atoms with Crippen LogP contribution in [-0.2, 0) is 9.59 Å². The number of rotatable bonds is 7. The van der Waals surface area contributed by atoms with Crippen LogP contribution in [0.3, 0.4) is 0 Å². The molecule has 2 aromatic rings. The number of benzene rings is 2. The fourth-order valence-corrected chi connectivity index (χ4v) is 4.07. The van der Waals surface area contributed by atoms with E-state index < -0.39 is 0 Å². The quantitative estimate of drug-likeness (QED) is 0.655. The normalized spacial score (nSPS) is 14.2. The SMILES string of the molecule is COc1ccc(C2=C(Sc3ccccc3)C(=O)N(CC(C)C)C2=O)cc1OC. The summed E-state index contributed by atoms with van der Waals surface area (Å²) >= 11 is 1.32. The molecule has 6 heteroatoms. The number of nitrogens with zero attached hydrogens (tertiary/aromatic N) is 1. The van der Waals surface area contributed by atoms with Gasteiger partial charge < -0.3 is 9.47 Å². The molecule has 1 aliphatic rings. The Morgan fingerprint density at radius 1 is 0.929 bits per heavy atom. The topological polar surface area (TPSA) is 55.8 Å². The van der Waals surface area contributed by atoms with E-state index in [4.69, 9.17) is 9.47 Å². The standard InChI is InChI=1S/C22H23NO4S/c1-14(2)13-23-21(24)19(15-10-11-17(26-3)18(12-15)27-4)20(22(23)25)28-16-8-6-5-7-9-16/h5-12,14H,13H2,1-4H3. The number of methoxy groups -OCH3 is 2. The molecule has 0 N–H and O–H groups in total. The van der Waals surface area contributed by atoms with Crippen LogP contribution < -0.4 is 9.47 Å². The minimum atomic E-state index is -0.274. The van der Waals surface area contributed by atoms with Crippen LogP contribution in [0.2, 0.25) is 0 Å². The van der Waals surface area contributed by atoms with Crippen LogP contribution >= 0.6 is 11.8 Å². The lowest BCUT2D eigenvalue weighted by atomic mass is 10.1. The Bertz CT molecular complexity index is 921. The molecule has 3 rings (SSSR count). The molecule has 146 valence electrons. The summed E-state index contributed by atoms with van der Waals surface area (Å²) in [7, 11) is 3.10. The zero-order chi connectivity index (χ0) is 20.3. The smallest absolute Gasteiger partial charge is 0.268 e. The highest BCUT2D eigenvalue weighted by Gasteiger charge is 2.39. The van der Waals surface area contributed by atoms with E-state index in [0.717, 1.165) is 4.90 Å². The van der Waals surface area contributed by atoms with Crippen molar-refractivity contribution in [3.63, 3.8) is 0 Å². The van der Waals surface area contributed by atoms with E-state index in [2.05, 4.69) is 0 Å². The van der Waals surface area contributed by atoms with Crippen LogP contribution in [-0.4, -0.2) is 37.5 Å². The summed E-state index contributed by atoms with van der Waals surface area (Å²) in [4.78, 5) is 28.9. The van der Waals surface area contributed by atoms with Crippen molar-refractivity contribution in [3.8, 4) is 11.5 Å². The minimum Gasteiger partial charge on any atom is -0.493 e. The van der Waals surface area contributed by atoms with Gasteiger partial charge in [0, 0.05) is 11.4 Å². The minimum absolute atomic E-state index is 0.181. The van der Waals surface area contributed by atoms with Gasteiger partial charge in [0.1, 0.15) is 0 Å². The number of hydrogen-bond acceptors (Lipinski definition) is 5. The maximum Gasteiger partial charge on any atom is 0.268 e. The first-order valence-corrected chi connectivity index (χ1v) is 9.83. The first-order chi connectivity index (χ1) is 13.5. The third kappa shape index (κ3) is 3.92. The number of thioether (sulfide) groups is 1. The molecule has 28 heavy (non-hydrogen) atoms. The summed E-state index contributed by atoms with van der Waals surface area (Å²) in [6.45, 7) is 4.35. The van der Waals surface area contributed by atoms with Crippen molar-refractivity contribution in [2.75, 3.05) is 20.8 Å². The van der Waals surface area contributed by atoms with Gasteiger partial charge >= 0.3 is 0 Å². The molecule has 0 bridgehead atoms. The molecule has 5 nitrogen and oxygen atoms in total. The molecule has 0 aliphatic carbocycles. The van der Waals surface area contributed by atoms with Crippen molar-refractivity contribution >= 4 is 29.1 Å². The predicted octanol–water partition coefficient (Wildman–Crippen LogP) is 4.23. The van der Waals surface area contributed by atoms with Crippen LogP contribution in [0.25, 0.3) is 5.57 Å². The number of amides is 2. The highest BCUT2D eigenvalue weighted by molar-refractivity contribution is 8.04. The van der Waals surface area contributed by atoms with Crippen molar-refractivity contribution in [2.24, 2.45) is 5.92 Å². The highest BCUT2D eigenvalue weighted by atomic mass is 32.2. The van der Waals surface area contributed by atoms with E-state index >= 15 is 0 Å². The lowest BCUT2D eigenvalue weighted by molar-refractivity contribution is -0.137. The summed E-state index contributed by atoms with van der Waals surface area (Å²) in [5, 5.41) is 0. The number of carbonyl (C=O) groups is 2. The van der Waals surface area contributed by atoms with Crippen molar-refractivity contribution in [2.45, 2.75) is 18.7 Å². The van der Waals surface area contributed by atoms with E-state index in [-0.39, 0.29) is 17.7 Å². The monoisotopic (exact) mass is 397 g/mol. The molecule has 2 aromatic carbocycles. The van der Waals surface area contributed by atoms with Gasteiger partial charge in [-0.3, -0.25) is 14.5 Å². The Balaban J connectivity index is 2.10. The second-order valence-electron chi connectivity index (χ2n) is 6.80. The van der Waals surface area contributed by atoms with Gasteiger partial charge in [-0.25, -0.2) is 0 Å². The van der Waals surface area contributed by atoms with Gasteiger partial charge in [-0.1, -0.05) is 49.9 Å². The maximum atomic E-state index is 13.2. The van der Waals surface area contributed by atoms with Gasteiger partial charge in [0.2, 0.25) is 0 Å². The molecule has 2 amide bonds. The predicted molar refractivity (Wildman–Crippen MR) is 110 cm³/mol. The van der Waals surface area contributed by atoms with Gasteiger partial charge in [0.15, 0.2) is 11.5 Å². The van der Waals surface area contributed by atoms with Gasteiger partial charge in [-0.15, -0.1) is 0 Å². The number of carbonyl (C=O) groups excluding carboxylic acids is 2. The molecule has 0 fully saturated rings. The molecule has 0 atom stereocenters. The van der Waals surface area contributed by atoms with Crippen molar-refractivity contribution < 1.29 is 19.1 Å². The van der Waals surface area contributed by atoms with E-state index in [1.54, 1.807) is 32.4 Å². The first-order valence-electron chi connectivity index (χ1n) is 9.02. The Hall–Kier alpha value is -2.73. The summed E-state index contributed by atoms with van der Waals surface area (Å²) in [6, 6.07) is 14.9. The third-order valence-electron chi connectivity index (χ3n) is 4.31. The molecule has 0 radical (unpaired) electrons. The fraction of sp³-hybridized carbons (Fsp3) is 0.273. The molecule has 0 saturated heterocycles. The zero-order valence-corrected chi connectivity index (χ0v) is 17.2. The molecule has 0 unspecified atom stereocenters. The Morgan fingerprint density at radius 3 is 2.21 bits per heavy atom. The molecule has 1 heterocycles. The van der Waals surface area contributed by atoms with E-state index in [1.165, 1.54) is 16.7 Å². The van der Waals surface area contributed by atoms with Crippen molar-refractivity contribution in [3.05, 3.63) is 59.0 Å². The second kappa shape index (κ2) is 8.52.